The van der Waals surface area contributed by atoms with Crippen LogP contribution in [0.5, 0.6) is 0 Å². The molecule has 2 aromatic rings. The average Bonchev–Trinajstić information content (AvgIpc) is 2.46. The maximum Gasteiger partial charge on any atom is 0.283 e. The van der Waals surface area contributed by atoms with Crippen molar-refractivity contribution in [2.45, 2.75) is 26.7 Å². The molecule has 1 N–H and O–H groups in total. The highest BCUT2D eigenvalue weighted by molar-refractivity contribution is 6.02. The van der Waals surface area contributed by atoms with Gasteiger partial charge in [0.1, 0.15) is 0 Å². The predicted molar refractivity (Wildman–Crippen MR) is 76.7 cm³/mol. The van der Waals surface area contributed by atoms with Crippen LogP contribution < -0.4 is 5.56 Å². The summed E-state index contributed by atoms with van der Waals surface area (Å²) in [6.45, 7) is 3.87. The number of ketones is 1. The van der Waals surface area contributed by atoms with Crippen LogP contribution in [0.15, 0.2) is 29.2 Å². The lowest BCUT2D eigenvalue weighted by molar-refractivity contribution is 0.0809. The normalized spacial score (nSPS) is 16.6. The van der Waals surface area contributed by atoms with E-state index in [-0.39, 0.29) is 11.2 Å². The molecule has 0 aromatic carbocycles. The zero-order valence-corrected chi connectivity index (χ0v) is 11.9. The van der Waals surface area contributed by atoms with E-state index in [1.165, 1.54) is 6.20 Å². The van der Waals surface area contributed by atoms with Gasteiger partial charge in [-0.1, -0.05) is 13.8 Å². The number of rotatable bonds is 1. The van der Waals surface area contributed by atoms with Gasteiger partial charge >= 0.3 is 0 Å². The van der Waals surface area contributed by atoms with E-state index in [2.05, 4.69) is 9.97 Å². The number of carbonyl (C=O) groups is 1. The van der Waals surface area contributed by atoms with Crippen LogP contribution in [0.4, 0.5) is 4.39 Å². The van der Waals surface area contributed by atoms with Crippen LogP contribution in [-0.2, 0) is 6.42 Å². The molecule has 3 rings (SSSR count). The number of fused-ring (bicyclic) bond motifs is 1. The van der Waals surface area contributed by atoms with Crippen molar-refractivity contribution >= 4 is 5.78 Å². The summed E-state index contributed by atoms with van der Waals surface area (Å²) in [5.41, 5.74) is 1.31. The van der Waals surface area contributed by atoms with Crippen molar-refractivity contribution < 1.29 is 9.18 Å². The summed E-state index contributed by atoms with van der Waals surface area (Å²) >= 11 is 0. The molecule has 0 saturated carbocycles. The van der Waals surface area contributed by atoms with Gasteiger partial charge in [-0.2, -0.15) is 0 Å². The SMILES string of the molecule is CC1(C)CCc2nc(-c3c[nH]c(=O)c(F)c3)ccc2C1=O. The first-order chi connectivity index (χ1) is 9.88. The van der Waals surface area contributed by atoms with Crippen molar-refractivity contribution in [2.75, 3.05) is 0 Å². The molecule has 4 nitrogen and oxygen atoms in total. The van der Waals surface area contributed by atoms with Crippen molar-refractivity contribution in [3.63, 3.8) is 0 Å². The van der Waals surface area contributed by atoms with E-state index in [9.17, 15) is 14.0 Å². The zero-order chi connectivity index (χ0) is 15.2. The van der Waals surface area contributed by atoms with Gasteiger partial charge in [0.15, 0.2) is 11.6 Å². The molecule has 2 heterocycles. The van der Waals surface area contributed by atoms with Gasteiger partial charge in [-0.3, -0.25) is 14.6 Å². The van der Waals surface area contributed by atoms with E-state index in [0.29, 0.717) is 23.2 Å². The summed E-state index contributed by atoms with van der Waals surface area (Å²) in [5.74, 6) is -0.750. The highest BCUT2D eigenvalue weighted by Crippen LogP contribution is 2.34. The Morgan fingerprint density at radius 2 is 2.05 bits per heavy atom. The summed E-state index contributed by atoms with van der Waals surface area (Å²) in [7, 11) is 0. The zero-order valence-electron chi connectivity index (χ0n) is 11.9. The van der Waals surface area contributed by atoms with E-state index in [1.807, 2.05) is 13.8 Å². The number of aromatic nitrogens is 2. The molecule has 0 radical (unpaired) electrons. The summed E-state index contributed by atoms with van der Waals surface area (Å²) in [4.78, 5) is 30.2. The third-order valence-corrected chi connectivity index (χ3v) is 3.97. The van der Waals surface area contributed by atoms with E-state index in [4.69, 9.17) is 0 Å². The Hall–Kier alpha value is -2.30. The van der Waals surface area contributed by atoms with Crippen LogP contribution in [0, 0.1) is 11.2 Å². The molecule has 0 atom stereocenters. The Bertz CT molecular complexity index is 793. The number of carbonyl (C=O) groups excluding carboxylic acids is 1. The largest absolute Gasteiger partial charge is 0.326 e. The van der Waals surface area contributed by atoms with Gasteiger partial charge in [0.25, 0.3) is 5.56 Å². The molecule has 5 heteroatoms. The molecule has 1 aliphatic carbocycles. The molecular weight excluding hydrogens is 271 g/mol. The molecule has 2 aromatic heterocycles. The van der Waals surface area contributed by atoms with E-state index < -0.39 is 11.4 Å². The summed E-state index contributed by atoms with van der Waals surface area (Å²) < 4.78 is 13.3. The van der Waals surface area contributed by atoms with Crippen molar-refractivity contribution in [1.29, 1.82) is 0 Å². The molecule has 0 saturated heterocycles. The number of nitrogens with zero attached hydrogens (tertiary/aromatic N) is 1. The Morgan fingerprint density at radius 3 is 2.76 bits per heavy atom. The minimum Gasteiger partial charge on any atom is -0.326 e. The molecular formula is C16H15FN2O2. The number of nitrogens with one attached hydrogen (secondary N) is 1. The minimum atomic E-state index is -0.843. The van der Waals surface area contributed by atoms with Crippen LogP contribution in [0.2, 0.25) is 0 Å². The maximum absolute atomic E-state index is 13.3. The third-order valence-electron chi connectivity index (χ3n) is 3.97. The van der Waals surface area contributed by atoms with Gasteiger partial charge in [0, 0.05) is 22.7 Å². The number of pyridine rings is 2. The van der Waals surface area contributed by atoms with Crippen molar-refractivity contribution in [2.24, 2.45) is 5.41 Å². The fourth-order valence-corrected chi connectivity index (χ4v) is 2.57. The van der Waals surface area contributed by atoms with E-state index >= 15 is 0 Å². The highest BCUT2D eigenvalue weighted by Gasteiger charge is 2.34. The first-order valence-corrected chi connectivity index (χ1v) is 6.82. The average molecular weight is 286 g/mol. The lowest BCUT2D eigenvalue weighted by Gasteiger charge is -2.29. The quantitative estimate of drug-likeness (QED) is 0.876. The fourth-order valence-electron chi connectivity index (χ4n) is 2.57. The van der Waals surface area contributed by atoms with Gasteiger partial charge in [-0.05, 0) is 31.0 Å². The maximum atomic E-state index is 13.3. The van der Waals surface area contributed by atoms with Crippen molar-refractivity contribution in [1.82, 2.24) is 9.97 Å². The molecule has 0 bridgehead atoms. The Kier molecular flexibility index (Phi) is 3.01. The second-order valence-corrected chi connectivity index (χ2v) is 5.97. The van der Waals surface area contributed by atoms with Gasteiger partial charge in [0.2, 0.25) is 0 Å². The molecule has 0 unspecified atom stereocenters. The number of hydrogen-bond donors (Lipinski definition) is 1. The molecule has 21 heavy (non-hydrogen) atoms. The van der Waals surface area contributed by atoms with Crippen molar-refractivity contribution in [3.8, 4) is 11.3 Å². The molecule has 108 valence electrons. The number of halogens is 1. The molecule has 0 spiro atoms. The summed E-state index contributed by atoms with van der Waals surface area (Å²) in [6.07, 6.45) is 2.89. The summed E-state index contributed by atoms with van der Waals surface area (Å²) in [6, 6.07) is 4.58. The number of aryl methyl sites for hydroxylation is 1. The smallest absolute Gasteiger partial charge is 0.283 e. The van der Waals surface area contributed by atoms with Gasteiger partial charge in [-0.15, -0.1) is 0 Å². The summed E-state index contributed by atoms with van der Waals surface area (Å²) in [5, 5.41) is 0. The second kappa shape index (κ2) is 4.62. The van der Waals surface area contributed by atoms with Crippen LogP contribution in [-0.4, -0.2) is 15.8 Å². The van der Waals surface area contributed by atoms with Crippen molar-refractivity contribution in [3.05, 3.63) is 51.8 Å². The van der Waals surface area contributed by atoms with Gasteiger partial charge < -0.3 is 4.98 Å². The second-order valence-electron chi connectivity index (χ2n) is 5.97. The lowest BCUT2D eigenvalue weighted by Crippen LogP contribution is -2.31. The molecule has 0 amide bonds. The molecule has 0 fully saturated rings. The number of aromatic amines is 1. The van der Waals surface area contributed by atoms with Gasteiger partial charge in [0.05, 0.1) is 11.4 Å². The number of hydrogen-bond acceptors (Lipinski definition) is 3. The number of H-pyrrole nitrogens is 1. The topological polar surface area (TPSA) is 62.8 Å². The van der Waals surface area contributed by atoms with Crippen LogP contribution in [0.25, 0.3) is 11.3 Å². The Morgan fingerprint density at radius 1 is 1.29 bits per heavy atom. The first kappa shape index (κ1) is 13.7. The van der Waals surface area contributed by atoms with E-state index in [0.717, 1.165) is 18.2 Å². The van der Waals surface area contributed by atoms with Gasteiger partial charge in [-0.25, -0.2) is 4.39 Å². The van der Waals surface area contributed by atoms with E-state index in [1.54, 1.807) is 12.1 Å². The first-order valence-electron chi connectivity index (χ1n) is 6.82. The predicted octanol–water partition coefficient (Wildman–Crippen LogP) is 2.73. The lowest BCUT2D eigenvalue weighted by atomic mass is 9.75. The Balaban J connectivity index is 2.06. The van der Waals surface area contributed by atoms with Crippen LogP contribution in [0.3, 0.4) is 0 Å². The van der Waals surface area contributed by atoms with Crippen LogP contribution in [0.1, 0.15) is 36.3 Å². The fraction of sp³-hybridized carbons (Fsp3) is 0.312. The molecule has 1 aliphatic rings. The monoisotopic (exact) mass is 286 g/mol. The highest BCUT2D eigenvalue weighted by atomic mass is 19.1. The van der Waals surface area contributed by atoms with Crippen LogP contribution >= 0.6 is 0 Å². The molecule has 0 aliphatic heterocycles. The number of Topliss-reactive ketones (excluding diaryl/α,β-unsaturated/α-hetero) is 1. The standard InChI is InChI=1S/C16H15FN2O2/c1-16(2)6-5-13-10(14(16)20)3-4-12(19-13)9-7-11(17)15(21)18-8-9/h3-4,7-8H,5-6H2,1-2H3,(H,18,21). The minimum absolute atomic E-state index is 0.0930. The Labute approximate surface area is 121 Å². The third kappa shape index (κ3) is 2.28.